The van der Waals surface area contributed by atoms with E-state index in [4.69, 9.17) is 9.15 Å². The first-order valence-corrected chi connectivity index (χ1v) is 18.9. The maximum atomic E-state index is 11.4. The molecule has 2 heterocycles. The van der Waals surface area contributed by atoms with Crippen molar-refractivity contribution in [2.45, 2.75) is 59.4 Å². The molecule has 0 saturated heterocycles. The van der Waals surface area contributed by atoms with Crippen LogP contribution in [0.25, 0.3) is 28.3 Å². The van der Waals surface area contributed by atoms with Gasteiger partial charge in [-0.25, -0.2) is 8.42 Å². The second kappa shape index (κ2) is 16.6. The average molecular weight is 720 g/mol. The Hall–Kier alpha value is -2.33. The van der Waals surface area contributed by atoms with Crippen molar-refractivity contribution in [3.63, 3.8) is 0 Å². The van der Waals surface area contributed by atoms with Crippen molar-refractivity contribution >= 4 is 43.1 Å². The van der Waals surface area contributed by atoms with Gasteiger partial charge in [-0.3, -0.25) is 4.55 Å². The van der Waals surface area contributed by atoms with Gasteiger partial charge in [-0.2, -0.15) is 13.0 Å². The summed E-state index contributed by atoms with van der Waals surface area (Å²) in [4.78, 5) is 2.03. The Bertz CT molecular complexity index is 2040. The fourth-order valence-electron chi connectivity index (χ4n) is 5.61. The molecule has 0 unspecified atom stereocenters. The predicted octanol–water partition coefficient (Wildman–Crippen LogP) is 3.54. The summed E-state index contributed by atoms with van der Waals surface area (Å²) in [6.07, 6.45) is 6.05. The number of hydrogen-bond acceptors (Lipinski definition) is 8. The van der Waals surface area contributed by atoms with Gasteiger partial charge in [0.25, 0.3) is 15.6 Å². The number of oxazole rings is 1. The van der Waals surface area contributed by atoms with Gasteiger partial charge in [0.1, 0.15) is 0 Å². The standard InChI is InChI=1S/C35H40N2O8S2.K/c1-4-27(23-35-36(16-8-10-18-46(38,39)40)30-20-25(2)26(3)21-33(30)45-35)22-34-37(17-9-11-19-47(41,42)43)31-24-29(14-15-32(31)44-34)28-12-6-5-7-13-28;/h5-7,12-15,20-24H,4,8-11,16-19H2,1-3H3,(H-,38,39,40,41,42,43);/q;+1. The van der Waals surface area contributed by atoms with Gasteiger partial charge in [0.05, 0.1) is 27.6 Å². The molecule has 1 aliphatic rings. The first-order chi connectivity index (χ1) is 22.3. The molecule has 1 aliphatic heterocycles. The summed E-state index contributed by atoms with van der Waals surface area (Å²) in [5.41, 5.74) is 7.60. The number of anilines is 1. The Morgan fingerprint density at radius 2 is 1.62 bits per heavy atom. The molecule has 0 amide bonds. The third-order valence-corrected chi connectivity index (χ3v) is 9.86. The van der Waals surface area contributed by atoms with E-state index in [1.165, 1.54) is 0 Å². The minimum Gasteiger partial charge on any atom is -0.748 e. The van der Waals surface area contributed by atoms with Crippen LogP contribution in [0.2, 0.25) is 0 Å². The van der Waals surface area contributed by atoms with Crippen LogP contribution in [-0.4, -0.2) is 44.0 Å². The van der Waals surface area contributed by atoms with Gasteiger partial charge < -0.3 is 18.6 Å². The molecular weight excluding hydrogens is 680 g/mol. The van der Waals surface area contributed by atoms with Crippen molar-refractivity contribution in [1.29, 1.82) is 0 Å². The summed E-state index contributed by atoms with van der Waals surface area (Å²) in [6.45, 7) is 7.00. The van der Waals surface area contributed by atoms with Gasteiger partial charge in [0, 0.05) is 30.9 Å². The number of nitrogens with zero attached hydrogens (tertiary/aromatic N) is 2. The first kappa shape index (κ1) is 38.5. The molecule has 1 aromatic heterocycles. The number of benzene rings is 3. The Labute approximate surface area is 325 Å². The molecule has 48 heavy (non-hydrogen) atoms. The van der Waals surface area contributed by atoms with Crippen molar-refractivity contribution in [3.05, 3.63) is 95.2 Å². The molecule has 0 bridgehead atoms. The van der Waals surface area contributed by atoms with Gasteiger partial charge in [-0.15, -0.1) is 0 Å². The Morgan fingerprint density at radius 1 is 0.917 bits per heavy atom. The second-order valence-corrected chi connectivity index (χ2v) is 14.9. The molecule has 0 saturated carbocycles. The van der Waals surface area contributed by atoms with E-state index in [2.05, 4.69) is 12.1 Å². The van der Waals surface area contributed by atoms with Crippen molar-refractivity contribution < 1.29 is 91.0 Å². The quantitative estimate of drug-likeness (QED) is 0.0897. The zero-order valence-corrected chi connectivity index (χ0v) is 32.6. The molecule has 0 aliphatic carbocycles. The van der Waals surface area contributed by atoms with Gasteiger partial charge in [0.2, 0.25) is 11.5 Å². The average Bonchev–Trinajstić information content (AvgIpc) is 3.52. The number of hydrogen-bond donors (Lipinski definition) is 1. The summed E-state index contributed by atoms with van der Waals surface area (Å²) in [7, 11) is -8.35. The monoisotopic (exact) mass is 719 g/mol. The third-order valence-electron chi connectivity index (χ3n) is 8.27. The van der Waals surface area contributed by atoms with E-state index in [9.17, 15) is 25.9 Å². The molecular formula is C35H40KN2O8S2+. The summed E-state index contributed by atoms with van der Waals surface area (Å²) in [6, 6.07) is 20.0. The Balaban J connectivity index is 0.00000520. The zero-order chi connectivity index (χ0) is 33.8. The number of aryl methyl sites for hydroxylation is 3. The van der Waals surface area contributed by atoms with Gasteiger partial charge in [-0.05, 0) is 85.6 Å². The van der Waals surface area contributed by atoms with Gasteiger partial charge >= 0.3 is 57.3 Å². The number of unbranched alkanes of at least 4 members (excludes halogenated alkanes) is 2. The minimum atomic E-state index is -4.29. The molecule has 4 aromatic rings. The second-order valence-electron chi connectivity index (χ2n) is 11.8. The van der Waals surface area contributed by atoms with Crippen LogP contribution in [0.1, 0.15) is 56.0 Å². The van der Waals surface area contributed by atoms with E-state index in [-0.39, 0.29) is 70.0 Å². The van der Waals surface area contributed by atoms with Crippen molar-refractivity contribution in [2.24, 2.45) is 0 Å². The van der Waals surface area contributed by atoms with Crippen LogP contribution in [0, 0.1) is 13.8 Å². The molecule has 0 spiro atoms. The Kier molecular flexibility index (Phi) is 13.3. The normalized spacial score (nSPS) is 14.3. The number of fused-ring (bicyclic) bond motifs is 2. The van der Waals surface area contributed by atoms with Crippen molar-refractivity contribution in [2.75, 3.05) is 23.0 Å². The molecule has 1 N–H and O–H groups in total. The SMILES string of the molecule is CCC(/C=C1\Oc2ccc(-c3ccccc3)cc2N1CCCCS(=O)(=O)O)=C\c1oc2cc(C)c(C)cc2[n+]1CCCCS(=O)(=O)[O-].[K+]. The van der Waals surface area contributed by atoms with E-state index in [0.717, 1.165) is 39.0 Å². The molecule has 0 atom stereocenters. The molecule has 0 fully saturated rings. The van der Waals surface area contributed by atoms with Crippen LogP contribution < -0.4 is 65.6 Å². The zero-order valence-electron chi connectivity index (χ0n) is 27.8. The molecule has 13 heteroatoms. The van der Waals surface area contributed by atoms with Crippen LogP contribution in [0.5, 0.6) is 5.75 Å². The predicted molar refractivity (Wildman–Crippen MR) is 182 cm³/mol. The smallest absolute Gasteiger partial charge is 0.748 e. The van der Waals surface area contributed by atoms with E-state index in [1.807, 2.05) is 90.9 Å². The van der Waals surface area contributed by atoms with Crippen LogP contribution in [0.15, 0.2) is 82.6 Å². The van der Waals surface area contributed by atoms with Crippen LogP contribution in [0.4, 0.5) is 5.69 Å². The minimum absolute atomic E-state index is 0. The number of ether oxygens (including phenoxy) is 1. The largest absolute Gasteiger partial charge is 1.00 e. The van der Waals surface area contributed by atoms with Crippen molar-refractivity contribution in [1.82, 2.24) is 0 Å². The maximum absolute atomic E-state index is 11.4. The summed E-state index contributed by atoms with van der Waals surface area (Å²) >= 11 is 0. The first-order valence-electron chi connectivity index (χ1n) is 15.7. The van der Waals surface area contributed by atoms with Crippen LogP contribution >= 0.6 is 0 Å². The molecule has 250 valence electrons. The topological polar surface area (TPSA) is 141 Å². The van der Waals surface area contributed by atoms with Crippen LogP contribution in [-0.2, 0) is 26.8 Å². The number of allylic oxidation sites excluding steroid dienone is 2. The van der Waals surface area contributed by atoms with Gasteiger partial charge in [0.15, 0.2) is 12.3 Å². The molecule has 0 radical (unpaired) electrons. The van der Waals surface area contributed by atoms with E-state index >= 15 is 0 Å². The molecule has 5 rings (SSSR count). The Morgan fingerprint density at radius 3 is 2.31 bits per heavy atom. The van der Waals surface area contributed by atoms with Crippen LogP contribution in [0.3, 0.4) is 0 Å². The van der Waals surface area contributed by atoms with Crippen molar-refractivity contribution in [3.8, 4) is 16.9 Å². The van der Waals surface area contributed by atoms with E-state index in [0.29, 0.717) is 55.5 Å². The van der Waals surface area contributed by atoms with Gasteiger partial charge in [-0.1, -0.05) is 43.3 Å². The maximum Gasteiger partial charge on any atom is 1.00 e. The fraction of sp³-hybridized carbons (Fsp3) is 0.343. The molecule has 3 aromatic carbocycles. The number of aromatic nitrogens is 1. The third kappa shape index (κ3) is 10.1. The molecule has 10 nitrogen and oxygen atoms in total. The summed E-state index contributed by atoms with van der Waals surface area (Å²) < 4.78 is 80.2. The number of rotatable bonds is 14. The summed E-state index contributed by atoms with van der Waals surface area (Å²) in [5.74, 6) is 1.12. The van der Waals surface area contributed by atoms with E-state index in [1.54, 1.807) is 0 Å². The van der Waals surface area contributed by atoms with E-state index < -0.39 is 26.0 Å². The fourth-order valence-corrected chi connectivity index (χ4v) is 6.73. The summed E-state index contributed by atoms with van der Waals surface area (Å²) in [5, 5.41) is 0.